The third-order valence-corrected chi connectivity index (χ3v) is 5.64. The maximum absolute atomic E-state index is 12.8. The molecule has 0 aliphatic carbocycles. The molecule has 0 N–H and O–H groups in total. The van der Waals surface area contributed by atoms with E-state index < -0.39 is 5.56 Å². The van der Waals surface area contributed by atoms with Crippen LogP contribution in [0.5, 0.6) is 11.5 Å². The standard InChI is InChI=1S/C20H17Cl2N3O4/c1-11-5-14(16(26)9-25-20(27)19(22)15(21)7-23-25)12(2)24(11)8-13-3-4-17-18(6-13)29-10-28-17/h3-7H,8-10H2,1-2H3. The Morgan fingerprint density at radius 1 is 1.17 bits per heavy atom. The van der Waals surface area contributed by atoms with Gasteiger partial charge in [-0.1, -0.05) is 29.3 Å². The molecular weight excluding hydrogens is 417 g/mol. The first kappa shape index (κ1) is 19.5. The van der Waals surface area contributed by atoms with Gasteiger partial charge in [-0.25, -0.2) is 4.68 Å². The molecule has 0 unspecified atom stereocenters. The number of rotatable bonds is 5. The molecule has 0 spiro atoms. The van der Waals surface area contributed by atoms with Crippen LogP contribution in [-0.4, -0.2) is 26.9 Å². The molecule has 1 aromatic carbocycles. The van der Waals surface area contributed by atoms with Gasteiger partial charge < -0.3 is 14.0 Å². The van der Waals surface area contributed by atoms with Crippen LogP contribution in [0.15, 0.2) is 35.3 Å². The summed E-state index contributed by atoms with van der Waals surface area (Å²) in [7, 11) is 0. The summed E-state index contributed by atoms with van der Waals surface area (Å²) in [5.41, 5.74) is 2.69. The van der Waals surface area contributed by atoms with E-state index in [1.54, 1.807) is 0 Å². The number of halogens is 2. The van der Waals surface area contributed by atoms with Crippen molar-refractivity contribution in [3.63, 3.8) is 0 Å². The molecule has 3 aromatic rings. The molecule has 0 radical (unpaired) electrons. The van der Waals surface area contributed by atoms with Crippen molar-refractivity contribution in [2.45, 2.75) is 26.9 Å². The minimum absolute atomic E-state index is 0.0577. The fraction of sp³-hybridized carbons (Fsp3) is 0.250. The van der Waals surface area contributed by atoms with Crippen LogP contribution < -0.4 is 15.0 Å². The summed E-state index contributed by atoms with van der Waals surface area (Å²) in [5, 5.41) is 3.81. The van der Waals surface area contributed by atoms with E-state index in [2.05, 4.69) is 5.10 Å². The first-order valence-corrected chi connectivity index (χ1v) is 9.60. The highest BCUT2D eigenvalue weighted by Gasteiger charge is 2.19. The van der Waals surface area contributed by atoms with Gasteiger partial charge in [0.25, 0.3) is 5.56 Å². The number of benzene rings is 1. The van der Waals surface area contributed by atoms with Crippen molar-refractivity contribution in [2.75, 3.05) is 6.79 Å². The van der Waals surface area contributed by atoms with Crippen LogP contribution in [0.3, 0.4) is 0 Å². The number of aromatic nitrogens is 3. The summed E-state index contributed by atoms with van der Waals surface area (Å²) in [4.78, 5) is 25.0. The zero-order valence-electron chi connectivity index (χ0n) is 15.7. The average Bonchev–Trinajstić information content (AvgIpc) is 3.27. The highest BCUT2D eigenvalue weighted by molar-refractivity contribution is 6.41. The molecule has 1 aliphatic rings. The van der Waals surface area contributed by atoms with Crippen LogP contribution in [0, 0.1) is 13.8 Å². The lowest BCUT2D eigenvalue weighted by Crippen LogP contribution is -2.27. The number of carbonyl (C=O) groups is 1. The molecule has 0 fully saturated rings. The Hall–Kier alpha value is -2.77. The third kappa shape index (κ3) is 3.63. The molecule has 29 heavy (non-hydrogen) atoms. The number of fused-ring (bicyclic) bond motifs is 1. The first-order valence-electron chi connectivity index (χ1n) is 8.84. The number of nitrogens with zero attached hydrogens (tertiary/aromatic N) is 3. The summed E-state index contributed by atoms with van der Waals surface area (Å²) in [6.45, 7) is 4.39. The van der Waals surface area contributed by atoms with E-state index in [-0.39, 0.29) is 29.2 Å². The van der Waals surface area contributed by atoms with Crippen molar-refractivity contribution in [2.24, 2.45) is 0 Å². The Balaban J connectivity index is 1.59. The number of aryl methyl sites for hydroxylation is 1. The topological polar surface area (TPSA) is 75.4 Å². The zero-order chi connectivity index (χ0) is 20.7. The fourth-order valence-electron chi connectivity index (χ4n) is 3.33. The molecule has 0 atom stereocenters. The van der Waals surface area contributed by atoms with Gasteiger partial charge in [-0.3, -0.25) is 9.59 Å². The van der Waals surface area contributed by atoms with E-state index in [4.69, 9.17) is 32.7 Å². The Morgan fingerprint density at radius 2 is 1.93 bits per heavy atom. The lowest BCUT2D eigenvalue weighted by atomic mass is 10.1. The van der Waals surface area contributed by atoms with Crippen LogP contribution in [0.1, 0.15) is 27.3 Å². The third-order valence-electron chi connectivity index (χ3n) is 4.89. The Kier molecular flexibility index (Phi) is 5.10. The van der Waals surface area contributed by atoms with Crippen LogP contribution in [-0.2, 0) is 13.1 Å². The smallest absolute Gasteiger partial charge is 0.287 e. The van der Waals surface area contributed by atoms with Gasteiger partial charge in [0, 0.05) is 23.5 Å². The predicted molar refractivity (Wildman–Crippen MR) is 108 cm³/mol. The van der Waals surface area contributed by atoms with Crippen molar-refractivity contribution >= 4 is 29.0 Å². The second-order valence-corrected chi connectivity index (χ2v) is 7.54. The molecule has 3 heterocycles. The van der Waals surface area contributed by atoms with Gasteiger partial charge in [-0.15, -0.1) is 0 Å². The van der Waals surface area contributed by atoms with Gasteiger partial charge in [-0.2, -0.15) is 5.10 Å². The number of hydrogen-bond donors (Lipinski definition) is 0. The van der Waals surface area contributed by atoms with Crippen LogP contribution in [0.25, 0.3) is 0 Å². The summed E-state index contributed by atoms with van der Waals surface area (Å²) in [5.74, 6) is 1.21. The van der Waals surface area contributed by atoms with Crippen LogP contribution in [0.4, 0.5) is 0 Å². The minimum Gasteiger partial charge on any atom is -0.454 e. The number of ether oxygens (including phenoxy) is 2. The van der Waals surface area contributed by atoms with Gasteiger partial charge in [0.15, 0.2) is 17.3 Å². The summed E-state index contributed by atoms with van der Waals surface area (Å²) in [6.07, 6.45) is 1.25. The lowest BCUT2D eigenvalue weighted by molar-refractivity contribution is 0.0965. The van der Waals surface area contributed by atoms with Crippen LogP contribution >= 0.6 is 23.2 Å². The summed E-state index contributed by atoms with van der Waals surface area (Å²) < 4.78 is 13.8. The second-order valence-electron chi connectivity index (χ2n) is 6.75. The van der Waals surface area contributed by atoms with Crippen molar-refractivity contribution in [1.29, 1.82) is 0 Å². The van der Waals surface area contributed by atoms with Gasteiger partial charge in [0.05, 0.1) is 11.2 Å². The highest BCUT2D eigenvalue weighted by atomic mass is 35.5. The Bertz CT molecular complexity index is 1180. The quantitative estimate of drug-likeness (QED) is 0.574. The normalized spacial score (nSPS) is 12.4. The van der Waals surface area contributed by atoms with E-state index in [0.717, 1.165) is 27.4 Å². The molecule has 0 bridgehead atoms. The molecule has 0 saturated carbocycles. The number of hydrogen-bond acceptors (Lipinski definition) is 5. The molecule has 4 rings (SSSR count). The Labute approximate surface area is 176 Å². The van der Waals surface area contributed by atoms with E-state index in [1.807, 2.05) is 42.7 Å². The largest absolute Gasteiger partial charge is 0.454 e. The minimum atomic E-state index is -0.596. The van der Waals surface area contributed by atoms with Crippen molar-refractivity contribution < 1.29 is 14.3 Å². The van der Waals surface area contributed by atoms with Gasteiger partial charge in [0.2, 0.25) is 6.79 Å². The van der Waals surface area contributed by atoms with Crippen molar-refractivity contribution in [1.82, 2.24) is 14.3 Å². The van der Waals surface area contributed by atoms with Crippen LogP contribution in [0.2, 0.25) is 10.0 Å². The summed E-state index contributed by atoms with van der Waals surface area (Å²) in [6, 6.07) is 7.59. The molecule has 2 aromatic heterocycles. The molecular formula is C20H17Cl2N3O4. The molecule has 7 nitrogen and oxygen atoms in total. The fourth-order valence-corrected chi connectivity index (χ4v) is 3.60. The highest BCUT2D eigenvalue weighted by Crippen LogP contribution is 2.33. The van der Waals surface area contributed by atoms with Gasteiger partial charge in [-0.05, 0) is 37.6 Å². The Morgan fingerprint density at radius 3 is 2.72 bits per heavy atom. The van der Waals surface area contributed by atoms with Crippen molar-refractivity contribution in [3.05, 3.63) is 73.4 Å². The first-order chi connectivity index (χ1) is 13.8. The number of carbonyl (C=O) groups excluding carboxylic acids is 1. The maximum Gasteiger partial charge on any atom is 0.287 e. The molecule has 1 aliphatic heterocycles. The molecule has 0 saturated heterocycles. The van der Waals surface area contributed by atoms with E-state index in [9.17, 15) is 9.59 Å². The SMILES string of the molecule is Cc1cc(C(=O)Cn2ncc(Cl)c(Cl)c2=O)c(C)n1Cc1ccc2c(c1)OCO2. The van der Waals surface area contributed by atoms with E-state index in [0.29, 0.717) is 17.9 Å². The monoisotopic (exact) mass is 433 g/mol. The molecule has 150 valence electrons. The van der Waals surface area contributed by atoms with Gasteiger partial charge >= 0.3 is 0 Å². The van der Waals surface area contributed by atoms with Crippen molar-refractivity contribution in [3.8, 4) is 11.5 Å². The second kappa shape index (κ2) is 7.57. The molecule has 9 heteroatoms. The predicted octanol–water partition coefficient (Wildman–Crippen LogP) is 3.63. The average molecular weight is 434 g/mol. The molecule has 0 amide bonds. The summed E-state index contributed by atoms with van der Waals surface area (Å²) >= 11 is 11.7. The van der Waals surface area contributed by atoms with Gasteiger partial charge in [0.1, 0.15) is 11.6 Å². The number of ketones is 1. The van der Waals surface area contributed by atoms with E-state index >= 15 is 0 Å². The lowest BCUT2D eigenvalue weighted by Gasteiger charge is -2.11. The number of Topliss-reactive ketones (excluding diaryl/α,β-unsaturated/α-hetero) is 1. The maximum atomic E-state index is 12.8. The zero-order valence-corrected chi connectivity index (χ0v) is 17.3. The van der Waals surface area contributed by atoms with E-state index in [1.165, 1.54) is 6.20 Å².